The molecule has 0 unspecified atom stereocenters. The van der Waals surface area contributed by atoms with Crippen molar-refractivity contribution in [3.05, 3.63) is 90.1 Å². The maximum Gasteiger partial charge on any atom is 0.0938 e. The van der Waals surface area contributed by atoms with Crippen molar-refractivity contribution in [2.45, 2.75) is 19.9 Å². The Hall–Kier alpha value is -3.13. The largest absolute Gasteiger partial charge is 0.335 e. The molecule has 1 aliphatic rings. The summed E-state index contributed by atoms with van der Waals surface area (Å²) in [6.07, 6.45) is 2.94. The Labute approximate surface area is 153 Å². The van der Waals surface area contributed by atoms with E-state index in [0.717, 1.165) is 18.5 Å². The Bertz CT molecular complexity index is 1110. The zero-order chi connectivity index (χ0) is 17.5. The number of pyridine rings is 1. The van der Waals surface area contributed by atoms with E-state index < -0.39 is 0 Å². The van der Waals surface area contributed by atoms with E-state index in [1.165, 1.54) is 39.0 Å². The van der Waals surface area contributed by atoms with Crippen LogP contribution in [0.15, 0.2) is 79.0 Å². The maximum atomic E-state index is 4.68. The highest BCUT2D eigenvalue weighted by Gasteiger charge is 2.24. The van der Waals surface area contributed by atoms with Gasteiger partial charge in [-0.15, -0.1) is 0 Å². The molecule has 3 aromatic carbocycles. The first-order chi connectivity index (χ1) is 12.8. The molecule has 4 aromatic rings. The summed E-state index contributed by atoms with van der Waals surface area (Å²) in [5.74, 6) is 0. The average Bonchev–Trinajstić information content (AvgIpc) is 2.72. The van der Waals surface area contributed by atoms with E-state index in [1.807, 2.05) is 12.3 Å². The molecule has 0 atom stereocenters. The van der Waals surface area contributed by atoms with Crippen molar-refractivity contribution in [3.63, 3.8) is 0 Å². The Morgan fingerprint density at radius 3 is 2.62 bits per heavy atom. The first kappa shape index (κ1) is 15.2. The van der Waals surface area contributed by atoms with E-state index in [4.69, 9.17) is 0 Å². The predicted molar refractivity (Wildman–Crippen MR) is 109 cm³/mol. The van der Waals surface area contributed by atoms with Crippen LogP contribution in [0.25, 0.3) is 22.0 Å². The van der Waals surface area contributed by atoms with Gasteiger partial charge in [0.25, 0.3) is 0 Å². The molecule has 0 fully saturated rings. The standard InChI is InChI=1S/C24H20N2/c1-2-17-12-13-20-19(15-17)16-26(22-10-4-3-9-21(20)22)23-11-5-7-18-8-6-14-25-24(18)23/h3-15H,2,16H2,1H3. The monoisotopic (exact) mass is 336 g/mol. The van der Waals surface area contributed by atoms with Crippen LogP contribution >= 0.6 is 0 Å². The van der Waals surface area contributed by atoms with Gasteiger partial charge >= 0.3 is 0 Å². The van der Waals surface area contributed by atoms with Crippen LogP contribution in [0.1, 0.15) is 18.1 Å². The number of nitrogens with zero attached hydrogens (tertiary/aromatic N) is 2. The fraction of sp³-hybridized carbons (Fsp3) is 0.125. The molecule has 5 rings (SSSR count). The van der Waals surface area contributed by atoms with Crippen LogP contribution in [0.2, 0.25) is 0 Å². The lowest BCUT2D eigenvalue weighted by Gasteiger charge is -2.33. The molecule has 0 saturated heterocycles. The molecular weight excluding hydrogens is 316 g/mol. The molecule has 1 aromatic heterocycles. The van der Waals surface area contributed by atoms with E-state index in [2.05, 4.69) is 83.5 Å². The minimum absolute atomic E-state index is 0.871. The molecule has 0 radical (unpaired) electrons. The highest BCUT2D eigenvalue weighted by molar-refractivity contribution is 5.96. The molecule has 1 aliphatic heterocycles. The van der Waals surface area contributed by atoms with Crippen LogP contribution in [-0.2, 0) is 13.0 Å². The number of para-hydroxylation sites is 2. The number of hydrogen-bond acceptors (Lipinski definition) is 2. The Morgan fingerprint density at radius 1 is 0.846 bits per heavy atom. The topological polar surface area (TPSA) is 16.1 Å². The molecule has 0 N–H and O–H groups in total. The van der Waals surface area contributed by atoms with Gasteiger partial charge in [0.2, 0.25) is 0 Å². The Kier molecular flexibility index (Phi) is 3.49. The fourth-order valence-corrected chi connectivity index (χ4v) is 3.97. The van der Waals surface area contributed by atoms with Gasteiger partial charge in [0.1, 0.15) is 0 Å². The Balaban J connectivity index is 1.75. The zero-order valence-electron chi connectivity index (χ0n) is 14.8. The molecule has 0 amide bonds. The van der Waals surface area contributed by atoms with Gasteiger partial charge in [-0.05, 0) is 41.3 Å². The number of aromatic nitrogens is 1. The molecule has 0 aliphatic carbocycles. The summed E-state index contributed by atoms with van der Waals surface area (Å²) in [6.45, 7) is 3.08. The number of benzene rings is 3. The van der Waals surface area contributed by atoms with Crippen LogP contribution in [0.3, 0.4) is 0 Å². The SMILES string of the molecule is CCc1ccc2c(c1)CN(c1cccc3cccnc13)c1ccccc1-2. The fourth-order valence-electron chi connectivity index (χ4n) is 3.97. The molecule has 0 bridgehead atoms. The molecule has 0 spiro atoms. The summed E-state index contributed by atoms with van der Waals surface area (Å²) in [4.78, 5) is 7.09. The molecular formula is C24H20N2. The zero-order valence-corrected chi connectivity index (χ0v) is 14.8. The molecule has 126 valence electrons. The van der Waals surface area contributed by atoms with Crippen molar-refractivity contribution in [3.8, 4) is 11.1 Å². The third-order valence-electron chi connectivity index (χ3n) is 5.29. The summed E-state index contributed by atoms with van der Waals surface area (Å²) < 4.78 is 0. The lowest BCUT2D eigenvalue weighted by Crippen LogP contribution is -2.22. The predicted octanol–water partition coefficient (Wildman–Crippen LogP) is 6.12. The van der Waals surface area contributed by atoms with Crippen molar-refractivity contribution >= 4 is 22.3 Å². The summed E-state index contributed by atoms with van der Waals surface area (Å²) in [7, 11) is 0. The number of anilines is 2. The van der Waals surface area contributed by atoms with Crippen molar-refractivity contribution < 1.29 is 0 Å². The summed E-state index contributed by atoms with van der Waals surface area (Å²) in [5, 5.41) is 1.18. The second-order valence-corrected chi connectivity index (χ2v) is 6.80. The minimum Gasteiger partial charge on any atom is -0.335 e. The van der Waals surface area contributed by atoms with Crippen LogP contribution in [0.4, 0.5) is 11.4 Å². The summed E-state index contributed by atoms with van der Waals surface area (Å²) >= 11 is 0. The van der Waals surface area contributed by atoms with E-state index in [9.17, 15) is 0 Å². The van der Waals surface area contributed by atoms with Gasteiger partial charge in [-0.25, -0.2) is 0 Å². The number of rotatable bonds is 2. The minimum atomic E-state index is 0.871. The number of aryl methyl sites for hydroxylation is 1. The molecule has 26 heavy (non-hydrogen) atoms. The highest BCUT2D eigenvalue weighted by atomic mass is 15.1. The van der Waals surface area contributed by atoms with Crippen LogP contribution in [0, 0.1) is 0 Å². The van der Waals surface area contributed by atoms with Gasteiger partial charge in [-0.3, -0.25) is 4.98 Å². The van der Waals surface area contributed by atoms with Crippen LogP contribution < -0.4 is 4.90 Å². The van der Waals surface area contributed by atoms with Crippen molar-refractivity contribution in [2.24, 2.45) is 0 Å². The number of fused-ring (bicyclic) bond motifs is 4. The quantitative estimate of drug-likeness (QED) is 0.438. The van der Waals surface area contributed by atoms with Crippen LogP contribution in [-0.4, -0.2) is 4.98 Å². The third-order valence-corrected chi connectivity index (χ3v) is 5.29. The normalized spacial score (nSPS) is 12.7. The van der Waals surface area contributed by atoms with Crippen molar-refractivity contribution in [1.82, 2.24) is 4.98 Å². The number of hydrogen-bond donors (Lipinski definition) is 0. The van der Waals surface area contributed by atoms with Gasteiger partial charge in [-0.1, -0.05) is 61.5 Å². The van der Waals surface area contributed by atoms with Gasteiger partial charge in [0, 0.05) is 29.4 Å². The molecule has 2 heteroatoms. The maximum absolute atomic E-state index is 4.68. The molecule has 2 nitrogen and oxygen atoms in total. The summed E-state index contributed by atoms with van der Waals surface area (Å²) in [6, 6.07) is 26.2. The third kappa shape index (κ3) is 2.30. The second kappa shape index (κ2) is 5.99. The van der Waals surface area contributed by atoms with E-state index in [-0.39, 0.29) is 0 Å². The second-order valence-electron chi connectivity index (χ2n) is 6.80. The first-order valence-corrected chi connectivity index (χ1v) is 9.17. The van der Waals surface area contributed by atoms with Crippen molar-refractivity contribution in [2.75, 3.05) is 4.90 Å². The van der Waals surface area contributed by atoms with Gasteiger partial charge in [0.15, 0.2) is 0 Å². The van der Waals surface area contributed by atoms with E-state index in [0.29, 0.717) is 0 Å². The highest BCUT2D eigenvalue weighted by Crippen LogP contribution is 2.44. The van der Waals surface area contributed by atoms with Crippen LogP contribution in [0.5, 0.6) is 0 Å². The Morgan fingerprint density at radius 2 is 1.69 bits per heavy atom. The lowest BCUT2D eigenvalue weighted by atomic mass is 9.91. The first-order valence-electron chi connectivity index (χ1n) is 9.17. The summed E-state index contributed by atoms with van der Waals surface area (Å²) in [5.41, 5.74) is 8.90. The smallest absolute Gasteiger partial charge is 0.0938 e. The van der Waals surface area contributed by atoms with Crippen molar-refractivity contribution in [1.29, 1.82) is 0 Å². The molecule has 2 heterocycles. The molecule has 0 saturated carbocycles. The van der Waals surface area contributed by atoms with Gasteiger partial charge in [-0.2, -0.15) is 0 Å². The average molecular weight is 336 g/mol. The van der Waals surface area contributed by atoms with Gasteiger partial charge < -0.3 is 4.90 Å². The van der Waals surface area contributed by atoms with E-state index in [1.54, 1.807) is 0 Å². The van der Waals surface area contributed by atoms with E-state index >= 15 is 0 Å². The lowest BCUT2D eigenvalue weighted by molar-refractivity contribution is 0.956. The van der Waals surface area contributed by atoms with Gasteiger partial charge in [0.05, 0.1) is 11.2 Å².